The first-order valence-corrected chi connectivity index (χ1v) is 11.8. The first kappa shape index (κ1) is 22.6. The molecule has 4 rings (SSSR count). The maximum absolute atomic E-state index is 12.7. The Morgan fingerprint density at radius 2 is 1.94 bits per heavy atom. The first-order chi connectivity index (χ1) is 15.6. The Morgan fingerprint density at radius 3 is 2.69 bits per heavy atom. The Bertz CT molecular complexity index is 1050. The Labute approximate surface area is 193 Å². The minimum Gasteiger partial charge on any atom is -0.497 e. The number of amides is 1. The molecular weight excluding hydrogens is 422 g/mol. The lowest BCUT2D eigenvalue weighted by atomic mass is 10.0. The highest BCUT2D eigenvalue weighted by Gasteiger charge is 2.23. The van der Waals surface area contributed by atoms with Gasteiger partial charge in [0.2, 0.25) is 5.91 Å². The van der Waals surface area contributed by atoms with Crippen molar-refractivity contribution in [2.24, 2.45) is 0 Å². The van der Waals surface area contributed by atoms with E-state index in [9.17, 15) is 4.79 Å². The van der Waals surface area contributed by atoms with Crippen LogP contribution in [0.3, 0.4) is 0 Å². The summed E-state index contributed by atoms with van der Waals surface area (Å²) in [6.45, 7) is 5.75. The van der Waals surface area contributed by atoms with Crippen molar-refractivity contribution in [1.29, 1.82) is 0 Å². The van der Waals surface area contributed by atoms with E-state index >= 15 is 0 Å². The van der Waals surface area contributed by atoms with Crippen LogP contribution < -0.4 is 10.1 Å². The van der Waals surface area contributed by atoms with E-state index in [1.807, 2.05) is 36.4 Å². The van der Waals surface area contributed by atoms with Crippen LogP contribution in [0.2, 0.25) is 0 Å². The van der Waals surface area contributed by atoms with E-state index in [1.54, 1.807) is 7.11 Å². The van der Waals surface area contributed by atoms with Gasteiger partial charge in [-0.3, -0.25) is 9.69 Å². The molecule has 1 saturated heterocycles. The van der Waals surface area contributed by atoms with Crippen molar-refractivity contribution in [3.8, 4) is 5.75 Å². The zero-order valence-electron chi connectivity index (χ0n) is 18.5. The van der Waals surface area contributed by atoms with Crippen molar-refractivity contribution in [3.63, 3.8) is 0 Å². The predicted molar refractivity (Wildman–Crippen MR) is 128 cm³/mol. The molecule has 0 aliphatic carbocycles. The predicted octanol–water partition coefficient (Wildman–Crippen LogP) is 3.83. The van der Waals surface area contributed by atoms with Crippen molar-refractivity contribution in [2.45, 2.75) is 18.0 Å². The van der Waals surface area contributed by atoms with Gasteiger partial charge in [-0.2, -0.15) is 0 Å². The molecule has 3 aromatic rings. The minimum absolute atomic E-state index is 0.00869. The van der Waals surface area contributed by atoms with Crippen molar-refractivity contribution >= 4 is 28.6 Å². The number of carbonyl (C=O) groups is 1. The number of aromatic nitrogens is 1. The lowest BCUT2D eigenvalue weighted by molar-refractivity contribution is -0.118. The van der Waals surface area contributed by atoms with E-state index < -0.39 is 0 Å². The second kappa shape index (κ2) is 10.8. The smallest absolute Gasteiger partial charge is 0.230 e. The van der Waals surface area contributed by atoms with Gasteiger partial charge in [0.25, 0.3) is 0 Å². The topological polar surface area (TPSA) is 63.7 Å². The maximum Gasteiger partial charge on any atom is 0.230 e. The summed E-state index contributed by atoms with van der Waals surface area (Å²) in [5, 5.41) is 5.15. The Morgan fingerprint density at radius 1 is 1.19 bits per heavy atom. The molecule has 168 valence electrons. The zero-order valence-corrected chi connectivity index (χ0v) is 19.4. The molecule has 0 saturated carbocycles. The summed E-state index contributed by atoms with van der Waals surface area (Å²) in [6, 6.07) is 18.3. The van der Waals surface area contributed by atoms with Crippen LogP contribution in [0.1, 0.15) is 17.2 Å². The summed E-state index contributed by atoms with van der Waals surface area (Å²) < 4.78 is 10.8. The standard InChI is InChI=1S/C25H29N3O3S/c1-18-15-25(27-22-6-4-3-5-21(18)22)32-17-24(29)26-16-23(28-11-13-31-14-12-28)19-7-9-20(30-2)10-8-19/h3-10,15,23H,11-14,16-17H2,1-2H3,(H,26,29). The molecule has 1 atom stereocenters. The number of pyridine rings is 1. The second-order valence-corrected chi connectivity index (χ2v) is 8.82. The van der Waals surface area contributed by atoms with Gasteiger partial charge in [-0.15, -0.1) is 0 Å². The molecule has 1 N–H and O–H groups in total. The van der Waals surface area contributed by atoms with Gasteiger partial charge in [0.15, 0.2) is 0 Å². The lowest BCUT2D eigenvalue weighted by Crippen LogP contribution is -2.44. The SMILES string of the molecule is COc1ccc(C(CNC(=O)CSc2cc(C)c3ccccc3n2)N2CCOCC2)cc1. The number of fused-ring (bicyclic) bond motifs is 1. The van der Waals surface area contributed by atoms with Crippen molar-refractivity contribution in [1.82, 2.24) is 15.2 Å². The number of aryl methyl sites for hydroxylation is 1. The van der Waals surface area contributed by atoms with Crippen molar-refractivity contribution < 1.29 is 14.3 Å². The van der Waals surface area contributed by atoms with E-state index in [-0.39, 0.29) is 11.9 Å². The van der Waals surface area contributed by atoms with E-state index in [0.717, 1.165) is 40.3 Å². The maximum atomic E-state index is 12.7. The molecule has 0 spiro atoms. The number of hydrogen-bond acceptors (Lipinski definition) is 6. The first-order valence-electron chi connectivity index (χ1n) is 10.9. The molecule has 1 unspecified atom stereocenters. The monoisotopic (exact) mass is 451 g/mol. The molecule has 0 bridgehead atoms. The van der Waals surface area contributed by atoms with Gasteiger partial charge < -0.3 is 14.8 Å². The van der Waals surface area contributed by atoms with E-state index in [4.69, 9.17) is 9.47 Å². The molecule has 1 aromatic heterocycles. The molecule has 2 heterocycles. The number of morpholine rings is 1. The normalized spacial score (nSPS) is 15.4. The third kappa shape index (κ3) is 5.59. The summed E-state index contributed by atoms with van der Waals surface area (Å²) in [6.07, 6.45) is 0. The number of nitrogens with zero attached hydrogens (tertiary/aromatic N) is 2. The molecule has 2 aromatic carbocycles. The highest BCUT2D eigenvalue weighted by atomic mass is 32.2. The average Bonchev–Trinajstić information content (AvgIpc) is 2.84. The molecule has 6 nitrogen and oxygen atoms in total. The van der Waals surface area contributed by atoms with Crippen LogP contribution in [-0.2, 0) is 9.53 Å². The largest absolute Gasteiger partial charge is 0.497 e. The van der Waals surface area contributed by atoms with Gasteiger partial charge in [-0.1, -0.05) is 42.1 Å². The number of rotatable bonds is 8. The lowest BCUT2D eigenvalue weighted by Gasteiger charge is -2.35. The van der Waals surface area contributed by atoms with Crippen LogP contribution in [0.25, 0.3) is 10.9 Å². The quantitative estimate of drug-likeness (QED) is 0.525. The number of para-hydroxylation sites is 1. The van der Waals surface area contributed by atoms with Crippen LogP contribution in [-0.4, -0.2) is 61.5 Å². The Hall–Kier alpha value is -2.61. The Kier molecular flexibility index (Phi) is 7.63. The van der Waals surface area contributed by atoms with Gasteiger partial charge in [-0.25, -0.2) is 4.98 Å². The fraction of sp³-hybridized carbons (Fsp3) is 0.360. The van der Waals surface area contributed by atoms with Gasteiger partial charge in [-0.05, 0) is 42.3 Å². The van der Waals surface area contributed by atoms with Gasteiger partial charge in [0.1, 0.15) is 5.75 Å². The second-order valence-electron chi connectivity index (χ2n) is 7.82. The summed E-state index contributed by atoms with van der Waals surface area (Å²) in [4.78, 5) is 19.7. The van der Waals surface area contributed by atoms with E-state index in [0.29, 0.717) is 25.5 Å². The van der Waals surface area contributed by atoms with Crippen LogP contribution in [0.15, 0.2) is 59.6 Å². The van der Waals surface area contributed by atoms with Crippen molar-refractivity contribution in [2.75, 3.05) is 45.7 Å². The van der Waals surface area contributed by atoms with Gasteiger partial charge in [0.05, 0.1) is 42.7 Å². The number of thioether (sulfide) groups is 1. The number of benzene rings is 2. The van der Waals surface area contributed by atoms with Gasteiger partial charge >= 0.3 is 0 Å². The molecule has 7 heteroatoms. The van der Waals surface area contributed by atoms with Crippen LogP contribution in [0, 0.1) is 6.92 Å². The summed E-state index contributed by atoms with van der Waals surface area (Å²) in [5.41, 5.74) is 3.29. The molecule has 32 heavy (non-hydrogen) atoms. The van der Waals surface area contributed by atoms with Crippen molar-refractivity contribution in [3.05, 3.63) is 65.7 Å². The summed E-state index contributed by atoms with van der Waals surface area (Å²) >= 11 is 1.47. The number of ether oxygens (including phenoxy) is 2. The molecular formula is C25H29N3O3S. The fourth-order valence-corrected chi connectivity index (χ4v) is 4.77. The molecule has 0 radical (unpaired) electrons. The third-order valence-corrected chi connectivity index (χ3v) is 6.64. The van der Waals surface area contributed by atoms with E-state index in [1.165, 1.54) is 17.3 Å². The van der Waals surface area contributed by atoms with Crippen LogP contribution >= 0.6 is 11.8 Å². The summed E-state index contributed by atoms with van der Waals surface area (Å²) in [5.74, 6) is 1.17. The van der Waals surface area contributed by atoms with Gasteiger partial charge in [0, 0.05) is 25.0 Å². The highest BCUT2D eigenvalue weighted by molar-refractivity contribution is 7.99. The van der Waals surface area contributed by atoms with E-state index in [2.05, 4.69) is 40.3 Å². The fourth-order valence-electron chi connectivity index (χ4n) is 3.97. The average molecular weight is 452 g/mol. The van der Waals surface area contributed by atoms with Crippen LogP contribution in [0.5, 0.6) is 5.75 Å². The highest BCUT2D eigenvalue weighted by Crippen LogP contribution is 2.25. The summed E-state index contributed by atoms with van der Waals surface area (Å²) in [7, 11) is 1.66. The zero-order chi connectivity index (χ0) is 22.3. The molecule has 1 aliphatic heterocycles. The minimum atomic E-state index is 0.00869. The number of nitrogens with one attached hydrogen (secondary N) is 1. The molecule has 1 fully saturated rings. The molecule has 1 aliphatic rings. The molecule has 1 amide bonds. The third-order valence-electron chi connectivity index (χ3n) is 5.73. The van der Waals surface area contributed by atoms with Crippen LogP contribution in [0.4, 0.5) is 0 Å². The number of hydrogen-bond donors (Lipinski definition) is 1. The number of methoxy groups -OCH3 is 1. The number of carbonyl (C=O) groups excluding carboxylic acids is 1. The Balaban J connectivity index is 1.38.